The number of carbonyl (C=O) groups is 5. The van der Waals surface area contributed by atoms with Crippen LogP contribution in [0.15, 0.2) is 43.1 Å². The number of methoxy groups -OCH3 is 1. The average Bonchev–Trinajstić information content (AvgIpc) is 3.71. The molecular formula is C40H51N5O10. The number of carboxylic acid groups (broad SMARTS) is 1. The predicted molar refractivity (Wildman–Crippen MR) is 201 cm³/mol. The van der Waals surface area contributed by atoms with Crippen LogP contribution < -0.4 is 25.4 Å². The van der Waals surface area contributed by atoms with Gasteiger partial charge in [0.1, 0.15) is 41.1 Å². The van der Waals surface area contributed by atoms with Crippen molar-refractivity contribution in [3.05, 3.63) is 48.7 Å². The largest absolute Gasteiger partial charge is 0.496 e. The minimum Gasteiger partial charge on any atom is -0.496 e. The number of carboxylic acids is 1. The molecule has 296 valence electrons. The van der Waals surface area contributed by atoms with Crippen molar-refractivity contribution in [3.8, 4) is 11.6 Å². The lowest BCUT2D eigenvalue weighted by Gasteiger charge is -2.35. The zero-order valence-corrected chi connectivity index (χ0v) is 31.8. The first-order valence-corrected chi connectivity index (χ1v) is 18.9. The molecule has 2 aromatic rings. The summed E-state index contributed by atoms with van der Waals surface area (Å²) >= 11 is 0. The first-order chi connectivity index (χ1) is 26.2. The van der Waals surface area contributed by atoms with Crippen LogP contribution in [0.1, 0.15) is 71.3 Å². The second kappa shape index (κ2) is 16.3. The molecule has 2 aliphatic heterocycles. The van der Waals surface area contributed by atoms with Crippen molar-refractivity contribution in [2.24, 2.45) is 11.8 Å². The topological polar surface area (TPSA) is 195 Å². The van der Waals surface area contributed by atoms with Gasteiger partial charge in [-0.25, -0.2) is 14.6 Å². The average molecular weight is 762 g/mol. The molecule has 1 aromatic carbocycles. The van der Waals surface area contributed by atoms with Crippen LogP contribution >= 0.6 is 0 Å². The molecule has 2 saturated carbocycles. The van der Waals surface area contributed by atoms with Crippen LogP contribution in [0.3, 0.4) is 0 Å². The molecule has 0 radical (unpaired) electrons. The van der Waals surface area contributed by atoms with Crippen molar-refractivity contribution in [1.82, 2.24) is 25.8 Å². The summed E-state index contributed by atoms with van der Waals surface area (Å²) in [5.41, 5.74) is -1.69. The van der Waals surface area contributed by atoms with E-state index in [4.69, 9.17) is 18.9 Å². The van der Waals surface area contributed by atoms with Crippen LogP contribution in [-0.2, 0) is 28.7 Å². The second-order valence-electron chi connectivity index (χ2n) is 15.7. The number of fused-ring (bicyclic) bond motifs is 3. The van der Waals surface area contributed by atoms with Crippen molar-refractivity contribution in [1.29, 1.82) is 0 Å². The van der Waals surface area contributed by atoms with Crippen LogP contribution in [-0.4, -0.2) is 107 Å². The van der Waals surface area contributed by atoms with E-state index in [1.54, 1.807) is 46.2 Å². The van der Waals surface area contributed by atoms with Gasteiger partial charge in [0.15, 0.2) is 0 Å². The van der Waals surface area contributed by atoms with Gasteiger partial charge in [0.2, 0.25) is 23.6 Å². The van der Waals surface area contributed by atoms with E-state index < -0.39 is 71.1 Å². The Bertz CT molecular complexity index is 1850. The van der Waals surface area contributed by atoms with Crippen LogP contribution in [0.25, 0.3) is 16.8 Å². The number of amides is 4. The molecule has 4 N–H and O–H groups in total. The van der Waals surface area contributed by atoms with E-state index in [0.717, 1.165) is 24.6 Å². The molecule has 1 aromatic heterocycles. The Hall–Kier alpha value is -5.18. The number of pyridine rings is 1. The van der Waals surface area contributed by atoms with E-state index in [9.17, 15) is 29.1 Å². The van der Waals surface area contributed by atoms with Crippen LogP contribution in [0.4, 0.5) is 4.79 Å². The molecule has 15 nitrogen and oxygen atoms in total. The highest BCUT2D eigenvalue weighted by atomic mass is 16.6. The summed E-state index contributed by atoms with van der Waals surface area (Å²) in [7, 11) is 1.56. The molecule has 4 amide bonds. The van der Waals surface area contributed by atoms with Crippen LogP contribution in [0.5, 0.6) is 11.6 Å². The first kappa shape index (κ1) is 39.5. The number of hydrogen-bond donors (Lipinski definition) is 4. The smallest absolute Gasteiger partial charge is 0.408 e. The number of aromatic nitrogens is 1. The van der Waals surface area contributed by atoms with Crippen molar-refractivity contribution in [2.45, 2.75) is 101 Å². The quantitative estimate of drug-likeness (QED) is 0.300. The molecule has 0 unspecified atom stereocenters. The summed E-state index contributed by atoms with van der Waals surface area (Å²) in [5.74, 6) is -2.88. The van der Waals surface area contributed by atoms with Crippen LogP contribution in [0, 0.1) is 11.8 Å². The molecule has 1 saturated heterocycles. The Morgan fingerprint density at radius 1 is 1.16 bits per heavy atom. The van der Waals surface area contributed by atoms with Crippen molar-refractivity contribution >= 4 is 46.6 Å². The SMILES string of the molecule is C=C[C@@H]1C[C@]1(NC(=O)[C@@H]1C[C@@H]2CN1C(=O)[C@H](C1CCCCC1)NC(=O)[C@@H](NC(=O)OC(C)(C)C)COCC=Cc1cc3c(nccc3cc1OC)O2)C(=O)O. The molecule has 55 heavy (non-hydrogen) atoms. The van der Waals surface area contributed by atoms with E-state index in [-0.39, 0.29) is 44.4 Å². The maximum Gasteiger partial charge on any atom is 0.408 e. The summed E-state index contributed by atoms with van der Waals surface area (Å²) in [4.78, 5) is 74.4. The highest BCUT2D eigenvalue weighted by molar-refractivity contribution is 5.97. The first-order valence-electron chi connectivity index (χ1n) is 18.9. The van der Waals surface area contributed by atoms with E-state index in [1.807, 2.05) is 18.2 Å². The Labute approximate surface area is 320 Å². The summed E-state index contributed by atoms with van der Waals surface area (Å²) in [6, 6.07) is 2.10. The maximum atomic E-state index is 14.9. The van der Waals surface area contributed by atoms with Gasteiger partial charge in [0.05, 0.1) is 26.9 Å². The number of alkyl carbamates (subject to hydrolysis) is 1. The zero-order valence-electron chi connectivity index (χ0n) is 31.8. The number of hydrogen-bond acceptors (Lipinski definition) is 10. The predicted octanol–water partition coefficient (Wildman–Crippen LogP) is 3.74. The second-order valence-corrected chi connectivity index (χ2v) is 15.7. The standard InChI is InChI=1S/C40H51N5O10/c1-6-26-20-40(26,37(49)50)44-34(47)30-19-27-21-45(30)36(48)32(23-11-8-7-9-12-23)43-33(46)29(42-38(51)55-39(2,3)4)22-53-16-10-13-25-17-28-24(18-31(25)52-5)14-15-41-35(28)54-27/h6,10,13-15,17-18,23,26-27,29-30,32H,1,7-9,11-12,16,19-22H2,2-5H3,(H,42,51)(H,43,46)(H,44,47)(H,49,50)/t26-,27-,29+,30+,32+,40-/m1/s1. The van der Waals surface area contributed by atoms with E-state index in [1.165, 1.54) is 11.0 Å². The number of ether oxygens (including phenoxy) is 4. The Balaban J connectivity index is 1.40. The summed E-state index contributed by atoms with van der Waals surface area (Å²) in [5, 5.41) is 19.8. The summed E-state index contributed by atoms with van der Waals surface area (Å²) < 4.78 is 23.5. The maximum absolute atomic E-state index is 14.9. The molecule has 3 fully saturated rings. The van der Waals surface area contributed by atoms with E-state index in [2.05, 4.69) is 27.5 Å². The third kappa shape index (κ3) is 8.87. The van der Waals surface area contributed by atoms with Gasteiger partial charge >= 0.3 is 12.1 Å². The number of nitrogens with one attached hydrogen (secondary N) is 3. The lowest BCUT2D eigenvalue weighted by atomic mass is 9.83. The fourth-order valence-electron chi connectivity index (χ4n) is 7.79. The molecular weight excluding hydrogens is 710 g/mol. The zero-order chi connectivity index (χ0) is 39.5. The van der Waals surface area contributed by atoms with Gasteiger partial charge in [0, 0.05) is 29.5 Å². The minimum atomic E-state index is -1.53. The highest BCUT2D eigenvalue weighted by Crippen LogP contribution is 2.45. The van der Waals surface area contributed by atoms with Gasteiger partial charge in [-0.15, -0.1) is 6.58 Å². The number of rotatable bonds is 7. The number of nitrogens with zero attached hydrogens (tertiary/aromatic N) is 2. The summed E-state index contributed by atoms with van der Waals surface area (Å²) in [6.07, 6.45) is 9.29. The third-order valence-corrected chi connectivity index (χ3v) is 10.7. The Morgan fingerprint density at radius 2 is 1.93 bits per heavy atom. The molecule has 2 aliphatic carbocycles. The number of benzene rings is 1. The van der Waals surface area contributed by atoms with Gasteiger partial charge in [-0.1, -0.05) is 37.5 Å². The molecule has 4 bridgehead atoms. The lowest BCUT2D eigenvalue weighted by molar-refractivity contribution is -0.146. The van der Waals surface area contributed by atoms with Gasteiger partial charge in [-0.05, 0) is 69.5 Å². The third-order valence-electron chi connectivity index (χ3n) is 10.7. The monoisotopic (exact) mass is 761 g/mol. The van der Waals surface area contributed by atoms with E-state index in [0.29, 0.717) is 29.5 Å². The lowest BCUT2D eigenvalue weighted by Crippen LogP contribution is -2.60. The molecule has 3 heterocycles. The van der Waals surface area contributed by atoms with Crippen molar-refractivity contribution in [3.63, 3.8) is 0 Å². The molecule has 15 heteroatoms. The van der Waals surface area contributed by atoms with Gasteiger partial charge < -0.3 is 44.9 Å². The van der Waals surface area contributed by atoms with Crippen molar-refractivity contribution < 1.29 is 48.0 Å². The van der Waals surface area contributed by atoms with E-state index >= 15 is 0 Å². The number of aliphatic carboxylic acids is 1. The van der Waals surface area contributed by atoms with Crippen molar-refractivity contribution in [2.75, 3.05) is 26.9 Å². The Morgan fingerprint density at radius 3 is 2.60 bits per heavy atom. The fourth-order valence-corrected chi connectivity index (χ4v) is 7.79. The molecule has 6 atom stereocenters. The Kier molecular flexibility index (Phi) is 11.7. The normalized spacial score (nSPS) is 27.6. The van der Waals surface area contributed by atoms with Crippen LogP contribution in [0.2, 0.25) is 0 Å². The van der Waals surface area contributed by atoms with Gasteiger partial charge in [-0.3, -0.25) is 14.4 Å². The fraction of sp³-hybridized carbons (Fsp3) is 0.550. The molecule has 6 rings (SSSR count). The van der Waals surface area contributed by atoms with Gasteiger partial charge in [0.25, 0.3) is 0 Å². The molecule has 0 spiro atoms. The minimum absolute atomic E-state index is 0.0367. The highest BCUT2D eigenvalue weighted by Gasteiger charge is 2.61. The summed E-state index contributed by atoms with van der Waals surface area (Å²) in [6.45, 7) is 8.62. The molecule has 4 aliphatic rings. The number of carbonyl (C=O) groups excluding carboxylic acids is 4. The van der Waals surface area contributed by atoms with Gasteiger partial charge in [-0.2, -0.15) is 0 Å².